The first-order valence-corrected chi connectivity index (χ1v) is 11.7. The van der Waals surface area contributed by atoms with Gasteiger partial charge < -0.3 is 22.5 Å². The molecule has 0 amide bonds. The van der Waals surface area contributed by atoms with Gasteiger partial charge in [0, 0.05) is 27.7 Å². The predicted octanol–water partition coefficient (Wildman–Crippen LogP) is 5.06. The summed E-state index contributed by atoms with van der Waals surface area (Å²) >= 11 is 0. The summed E-state index contributed by atoms with van der Waals surface area (Å²) in [7, 11) is 0. The van der Waals surface area contributed by atoms with Crippen LogP contribution in [0.2, 0.25) is 0 Å². The van der Waals surface area contributed by atoms with E-state index >= 15 is 0 Å². The first-order valence-electron chi connectivity index (χ1n) is 11.7. The van der Waals surface area contributed by atoms with Crippen molar-refractivity contribution >= 4 is 11.4 Å². The Labute approximate surface area is 194 Å². The number of nitrogen functional groups attached to an aromatic ring is 2. The van der Waals surface area contributed by atoms with Gasteiger partial charge in [-0.3, -0.25) is 0 Å². The topological polar surface area (TPSA) is 90.1 Å². The predicted molar refractivity (Wildman–Crippen MR) is 139 cm³/mol. The average molecular weight is 433 g/mol. The van der Waals surface area contributed by atoms with E-state index in [9.17, 15) is 0 Å². The number of nitrogens with one attached hydrogen (secondary N) is 1. The van der Waals surface area contributed by atoms with E-state index in [1.165, 1.54) is 16.7 Å². The van der Waals surface area contributed by atoms with Crippen LogP contribution in [0.1, 0.15) is 58.1 Å². The van der Waals surface area contributed by atoms with Crippen LogP contribution < -0.4 is 22.5 Å². The van der Waals surface area contributed by atoms with Crippen LogP contribution in [-0.2, 0) is 10.8 Å². The molecule has 0 saturated carbocycles. The van der Waals surface area contributed by atoms with Crippen molar-refractivity contribution in [3.05, 3.63) is 83.5 Å². The standard InChI is InChI=1S/C28H40N4/c1-26(2,21-9-13-24(30)14-10-21)23-8-7-17-28(20-23,32-19-6-5-18-29)27(3,4)22-11-15-25(31)16-12-22/h7-17,32H,5-6,18-20,29-31H2,1-4H3. The Kier molecular flexibility index (Phi) is 7.16. The summed E-state index contributed by atoms with van der Waals surface area (Å²) in [4.78, 5) is 0. The molecule has 3 rings (SSSR count). The van der Waals surface area contributed by atoms with Crippen LogP contribution in [0.3, 0.4) is 0 Å². The second-order valence-electron chi connectivity index (χ2n) is 10.1. The van der Waals surface area contributed by atoms with Gasteiger partial charge in [0.25, 0.3) is 0 Å². The molecule has 0 bridgehead atoms. The highest BCUT2D eigenvalue weighted by molar-refractivity contribution is 5.49. The molecule has 1 unspecified atom stereocenters. The van der Waals surface area contributed by atoms with E-state index in [-0.39, 0.29) is 16.4 Å². The second-order valence-corrected chi connectivity index (χ2v) is 10.1. The van der Waals surface area contributed by atoms with Crippen LogP contribution >= 0.6 is 0 Å². The lowest BCUT2D eigenvalue weighted by atomic mass is 9.60. The minimum absolute atomic E-state index is 0.111. The van der Waals surface area contributed by atoms with Gasteiger partial charge in [-0.15, -0.1) is 0 Å². The molecule has 2 aromatic carbocycles. The van der Waals surface area contributed by atoms with Gasteiger partial charge in [0.1, 0.15) is 0 Å². The number of allylic oxidation sites excluding steroid dienone is 2. The van der Waals surface area contributed by atoms with Crippen molar-refractivity contribution in [2.24, 2.45) is 5.73 Å². The first-order chi connectivity index (χ1) is 15.1. The molecule has 32 heavy (non-hydrogen) atoms. The van der Waals surface area contributed by atoms with Crippen molar-refractivity contribution in [3.63, 3.8) is 0 Å². The molecule has 0 heterocycles. The number of nitrogens with two attached hydrogens (primary N) is 3. The number of unbranched alkanes of at least 4 members (excludes halogenated alkanes) is 1. The van der Waals surface area contributed by atoms with Gasteiger partial charge in [-0.2, -0.15) is 0 Å². The summed E-state index contributed by atoms with van der Waals surface area (Å²) in [5, 5.41) is 3.95. The van der Waals surface area contributed by atoms with Gasteiger partial charge in [0.05, 0.1) is 0 Å². The fraction of sp³-hybridized carbons (Fsp3) is 0.429. The Bertz CT molecular complexity index is 952. The van der Waals surface area contributed by atoms with E-state index < -0.39 is 0 Å². The van der Waals surface area contributed by atoms with Crippen molar-refractivity contribution in [1.82, 2.24) is 5.32 Å². The fourth-order valence-electron chi connectivity index (χ4n) is 4.77. The molecule has 0 saturated heterocycles. The molecule has 1 aliphatic rings. The Balaban J connectivity index is 1.98. The van der Waals surface area contributed by atoms with E-state index in [2.05, 4.69) is 75.5 Å². The molecular formula is C28H40N4. The molecular weight excluding hydrogens is 392 g/mol. The zero-order valence-corrected chi connectivity index (χ0v) is 20.1. The molecule has 1 aliphatic carbocycles. The maximum Gasteiger partial charge on any atom is 0.0498 e. The Morgan fingerprint density at radius 1 is 0.844 bits per heavy atom. The van der Waals surface area contributed by atoms with Gasteiger partial charge in [0.15, 0.2) is 0 Å². The summed E-state index contributed by atoms with van der Waals surface area (Å²) in [6.07, 6.45) is 9.87. The largest absolute Gasteiger partial charge is 0.399 e. The van der Waals surface area contributed by atoms with Gasteiger partial charge in [0.2, 0.25) is 0 Å². The summed E-state index contributed by atoms with van der Waals surface area (Å²) in [6.45, 7) is 10.9. The molecule has 0 radical (unpaired) electrons. The molecule has 0 spiro atoms. The number of benzene rings is 2. The van der Waals surface area contributed by atoms with Crippen LogP contribution in [-0.4, -0.2) is 18.6 Å². The highest BCUT2D eigenvalue weighted by Gasteiger charge is 2.46. The van der Waals surface area contributed by atoms with Crippen LogP contribution in [0.4, 0.5) is 11.4 Å². The lowest BCUT2D eigenvalue weighted by molar-refractivity contribution is 0.238. The zero-order valence-electron chi connectivity index (χ0n) is 20.1. The number of hydrogen-bond donors (Lipinski definition) is 4. The zero-order chi connectivity index (χ0) is 23.4. The van der Waals surface area contributed by atoms with E-state index in [1.807, 2.05) is 24.3 Å². The van der Waals surface area contributed by atoms with Crippen LogP contribution in [0, 0.1) is 0 Å². The molecule has 0 aromatic heterocycles. The molecule has 0 fully saturated rings. The average Bonchev–Trinajstić information content (AvgIpc) is 2.77. The summed E-state index contributed by atoms with van der Waals surface area (Å²) < 4.78 is 0. The first kappa shape index (κ1) is 24.1. The normalized spacial score (nSPS) is 19.1. The molecule has 1 atom stereocenters. The van der Waals surface area contributed by atoms with Crippen molar-refractivity contribution < 1.29 is 0 Å². The Morgan fingerprint density at radius 2 is 1.41 bits per heavy atom. The van der Waals surface area contributed by atoms with E-state index in [0.717, 1.165) is 43.7 Å². The highest BCUT2D eigenvalue weighted by atomic mass is 15.0. The Hall–Kier alpha value is -2.56. The third-order valence-corrected chi connectivity index (χ3v) is 7.40. The van der Waals surface area contributed by atoms with Crippen molar-refractivity contribution in [2.45, 2.75) is 63.3 Å². The van der Waals surface area contributed by atoms with E-state index in [1.54, 1.807) is 0 Å². The van der Waals surface area contributed by atoms with Crippen LogP contribution in [0.5, 0.6) is 0 Å². The van der Waals surface area contributed by atoms with E-state index in [4.69, 9.17) is 17.2 Å². The molecule has 4 heteroatoms. The summed E-state index contributed by atoms with van der Waals surface area (Å²) in [5.41, 5.74) is 22.7. The smallest absolute Gasteiger partial charge is 0.0498 e. The van der Waals surface area contributed by atoms with Gasteiger partial charge in [-0.1, -0.05) is 75.8 Å². The van der Waals surface area contributed by atoms with Crippen molar-refractivity contribution in [2.75, 3.05) is 24.6 Å². The molecule has 172 valence electrons. The SMILES string of the molecule is CC(C)(C1=CC=CC(NCCCCN)(C(C)(C)c2ccc(N)cc2)C1)c1ccc(N)cc1. The van der Waals surface area contributed by atoms with Gasteiger partial charge in [-0.05, 0) is 67.7 Å². The monoisotopic (exact) mass is 432 g/mol. The number of anilines is 2. The summed E-state index contributed by atoms with van der Waals surface area (Å²) in [5.74, 6) is 0. The van der Waals surface area contributed by atoms with Gasteiger partial charge >= 0.3 is 0 Å². The minimum Gasteiger partial charge on any atom is -0.399 e. The fourth-order valence-corrected chi connectivity index (χ4v) is 4.77. The molecule has 7 N–H and O–H groups in total. The maximum atomic E-state index is 5.99. The van der Waals surface area contributed by atoms with Crippen molar-refractivity contribution in [1.29, 1.82) is 0 Å². The lowest BCUT2D eigenvalue weighted by Gasteiger charge is -2.50. The highest BCUT2D eigenvalue weighted by Crippen LogP contribution is 2.46. The quantitative estimate of drug-likeness (QED) is 0.329. The lowest BCUT2D eigenvalue weighted by Crippen LogP contribution is -2.58. The van der Waals surface area contributed by atoms with Gasteiger partial charge in [-0.25, -0.2) is 0 Å². The third-order valence-electron chi connectivity index (χ3n) is 7.40. The van der Waals surface area contributed by atoms with E-state index in [0.29, 0.717) is 0 Å². The van der Waals surface area contributed by atoms with Crippen molar-refractivity contribution in [3.8, 4) is 0 Å². The molecule has 2 aromatic rings. The minimum atomic E-state index is -0.229. The molecule has 0 aliphatic heterocycles. The summed E-state index contributed by atoms with van der Waals surface area (Å²) in [6, 6.07) is 16.6. The second kappa shape index (κ2) is 9.51. The molecule has 4 nitrogen and oxygen atoms in total. The number of hydrogen-bond acceptors (Lipinski definition) is 4. The van der Waals surface area contributed by atoms with Crippen LogP contribution in [0.25, 0.3) is 0 Å². The van der Waals surface area contributed by atoms with Crippen LogP contribution in [0.15, 0.2) is 72.3 Å². The third kappa shape index (κ3) is 4.77. The maximum absolute atomic E-state index is 5.99. The Morgan fingerprint density at radius 3 is 1.97 bits per heavy atom. The number of rotatable bonds is 9.